The third-order valence-electron chi connectivity index (χ3n) is 3.90. The SMILES string of the molecule is CC(C)(C)N[C@@H](CSC1CC(=O)N(C(C)(C)C)C1=O)C(=O)C(C)(C)C. The van der Waals surface area contributed by atoms with Crippen molar-refractivity contribution in [2.24, 2.45) is 5.41 Å². The van der Waals surface area contributed by atoms with Crippen LogP contribution in [0.4, 0.5) is 0 Å². The molecule has 2 atom stereocenters. The number of carbonyl (C=O) groups excluding carboxylic acids is 3. The van der Waals surface area contributed by atoms with Gasteiger partial charge in [0.25, 0.3) is 0 Å². The van der Waals surface area contributed by atoms with Gasteiger partial charge in [0.2, 0.25) is 11.8 Å². The lowest BCUT2D eigenvalue weighted by Gasteiger charge is -2.32. The summed E-state index contributed by atoms with van der Waals surface area (Å²) >= 11 is 1.41. The van der Waals surface area contributed by atoms with Gasteiger partial charge in [-0.1, -0.05) is 20.8 Å². The number of carbonyl (C=O) groups is 3. The number of imide groups is 1. The summed E-state index contributed by atoms with van der Waals surface area (Å²) in [6.45, 7) is 17.4. The molecule has 0 aromatic heterocycles. The van der Waals surface area contributed by atoms with Crippen LogP contribution in [0.25, 0.3) is 0 Å². The highest BCUT2D eigenvalue weighted by Crippen LogP contribution is 2.31. The Hall–Kier alpha value is -0.880. The van der Waals surface area contributed by atoms with Crippen LogP contribution in [0.2, 0.25) is 0 Å². The highest BCUT2D eigenvalue weighted by Gasteiger charge is 2.45. The number of thioether (sulfide) groups is 1. The van der Waals surface area contributed by atoms with Gasteiger partial charge in [0.15, 0.2) is 5.78 Å². The summed E-state index contributed by atoms with van der Waals surface area (Å²) < 4.78 is 0. The van der Waals surface area contributed by atoms with E-state index < -0.39 is 16.2 Å². The lowest BCUT2D eigenvalue weighted by Crippen LogP contribution is -2.52. The first-order chi connectivity index (χ1) is 11.0. The van der Waals surface area contributed by atoms with Gasteiger partial charge < -0.3 is 5.32 Å². The van der Waals surface area contributed by atoms with E-state index in [4.69, 9.17) is 0 Å². The van der Waals surface area contributed by atoms with Gasteiger partial charge in [-0.2, -0.15) is 0 Å². The van der Waals surface area contributed by atoms with Crippen LogP contribution in [-0.4, -0.2) is 50.6 Å². The molecule has 0 aromatic rings. The monoisotopic (exact) mass is 370 g/mol. The van der Waals surface area contributed by atoms with Crippen molar-refractivity contribution in [3.8, 4) is 0 Å². The fraction of sp³-hybridized carbons (Fsp3) is 0.842. The molecule has 1 heterocycles. The van der Waals surface area contributed by atoms with Crippen molar-refractivity contribution in [2.45, 2.75) is 91.1 Å². The maximum absolute atomic E-state index is 12.8. The topological polar surface area (TPSA) is 66.5 Å². The molecule has 0 aromatic carbocycles. The number of likely N-dealkylation sites (tertiary alicyclic amines) is 1. The molecule has 1 aliphatic rings. The molecule has 0 radical (unpaired) electrons. The number of amides is 2. The molecule has 0 saturated carbocycles. The van der Waals surface area contributed by atoms with Gasteiger partial charge in [0.05, 0.1) is 11.3 Å². The average molecular weight is 371 g/mol. The van der Waals surface area contributed by atoms with Gasteiger partial charge in [0, 0.05) is 28.7 Å². The summed E-state index contributed by atoms with van der Waals surface area (Å²) in [7, 11) is 0. The van der Waals surface area contributed by atoms with E-state index in [1.54, 1.807) is 0 Å². The minimum absolute atomic E-state index is 0.124. The van der Waals surface area contributed by atoms with E-state index in [2.05, 4.69) is 5.32 Å². The van der Waals surface area contributed by atoms with Crippen LogP contribution in [-0.2, 0) is 14.4 Å². The predicted octanol–water partition coefficient (Wildman–Crippen LogP) is 3.02. The van der Waals surface area contributed by atoms with Crippen molar-refractivity contribution in [3.05, 3.63) is 0 Å². The first-order valence-electron chi connectivity index (χ1n) is 8.84. The summed E-state index contributed by atoms with van der Waals surface area (Å²) in [4.78, 5) is 39.0. The zero-order chi connectivity index (χ0) is 19.8. The van der Waals surface area contributed by atoms with Gasteiger partial charge in [-0.05, 0) is 41.5 Å². The van der Waals surface area contributed by atoms with Gasteiger partial charge in [0.1, 0.15) is 0 Å². The molecular formula is C19H34N2O3S. The number of rotatable bonds is 5. The standard InChI is InChI=1S/C19H34N2O3S/c1-17(2,3)15(23)12(20-18(4,5)6)11-25-13-10-14(22)21(16(13)24)19(7,8)9/h12-13,20H,10-11H2,1-9H3/t12-,13?/m0/s1. The molecule has 0 spiro atoms. The van der Waals surface area contributed by atoms with E-state index in [1.807, 2.05) is 62.3 Å². The minimum Gasteiger partial charge on any atom is -0.302 e. The fourth-order valence-electron chi connectivity index (χ4n) is 2.88. The lowest BCUT2D eigenvalue weighted by molar-refractivity contribution is -0.143. The Kier molecular flexibility index (Phi) is 6.55. The number of Topliss-reactive ketones (excluding diaryl/α,β-unsaturated/α-hetero) is 1. The van der Waals surface area contributed by atoms with Crippen molar-refractivity contribution in [1.29, 1.82) is 0 Å². The first-order valence-corrected chi connectivity index (χ1v) is 9.89. The van der Waals surface area contributed by atoms with Crippen molar-refractivity contribution in [1.82, 2.24) is 10.2 Å². The zero-order valence-corrected chi connectivity index (χ0v) is 18.0. The molecule has 0 bridgehead atoms. The van der Waals surface area contributed by atoms with E-state index in [0.717, 1.165) is 0 Å². The zero-order valence-electron chi connectivity index (χ0n) is 17.1. The van der Waals surface area contributed by atoms with Crippen molar-refractivity contribution in [3.63, 3.8) is 0 Å². The van der Waals surface area contributed by atoms with Crippen LogP contribution in [0.5, 0.6) is 0 Å². The second-order valence-electron chi connectivity index (χ2n) is 9.83. The van der Waals surface area contributed by atoms with E-state index in [0.29, 0.717) is 5.75 Å². The third kappa shape index (κ3) is 6.10. The fourth-order valence-corrected chi connectivity index (χ4v) is 4.05. The number of ketones is 1. The van der Waals surface area contributed by atoms with Crippen LogP contribution in [0.15, 0.2) is 0 Å². The molecule has 0 aliphatic carbocycles. The van der Waals surface area contributed by atoms with Gasteiger partial charge in [-0.3, -0.25) is 19.3 Å². The summed E-state index contributed by atoms with van der Waals surface area (Å²) in [6, 6.07) is -0.350. The number of nitrogens with zero attached hydrogens (tertiary/aromatic N) is 1. The molecule has 1 rings (SSSR count). The summed E-state index contributed by atoms with van der Waals surface area (Å²) in [6.07, 6.45) is 0.215. The number of hydrogen-bond donors (Lipinski definition) is 1. The van der Waals surface area contributed by atoms with Crippen LogP contribution in [0.1, 0.15) is 68.7 Å². The normalized spacial score (nSPS) is 21.0. The largest absolute Gasteiger partial charge is 0.302 e. The van der Waals surface area contributed by atoms with Gasteiger partial charge in [-0.25, -0.2) is 0 Å². The Labute approximate surface area is 156 Å². The molecule has 2 amide bonds. The predicted molar refractivity (Wildman–Crippen MR) is 104 cm³/mol. The van der Waals surface area contributed by atoms with E-state index in [9.17, 15) is 14.4 Å². The molecule has 1 unspecified atom stereocenters. The van der Waals surface area contributed by atoms with E-state index in [1.165, 1.54) is 16.7 Å². The lowest BCUT2D eigenvalue weighted by atomic mass is 9.86. The second kappa shape index (κ2) is 7.39. The maximum atomic E-state index is 12.8. The van der Waals surface area contributed by atoms with Crippen molar-refractivity contribution < 1.29 is 14.4 Å². The molecule has 1 aliphatic heterocycles. The summed E-state index contributed by atoms with van der Waals surface area (Å²) in [5, 5.41) is 2.97. The van der Waals surface area contributed by atoms with Crippen LogP contribution in [0, 0.1) is 5.41 Å². The first kappa shape index (κ1) is 22.2. The van der Waals surface area contributed by atoms with Crippen LogP contribution >= 0.6 is 11.8 Å². The molecular weight excluding hydrogens is 336 g/mol. The Balaban J connectivity index is 2.85. The van der Waals surface area contributed by atoms with Gasteiger partial charge in [-0.15, -0.1) is 11.8 Å². The maximum Gasteiger partial charge on any atom is 0.243 e. The Morgan fingerprint density at radius 1 is 1.12 bits per heavy atom. The van der Waals surface area contributed by atoms with Crippen LogP contribution < -0.4 is 5.32 Å². The minimum atomic E-state index is -0.506. The highest BCUT2D eigenvalue weighted by atomic mass is 32.2. The van der Waals surface area contributed by atoms with E-state index >= 15 is 0 Å². The average Bonchev–Trinajstić information content (AvgIpc) is 2.65. The summed E-state index contributed by atoms with van der Waals surface area (Å²) in [5.74, 6) is 0.340. The molecule has 25 heavy (non-hydrogen) atoms. The van der Waals surface area contributed by atoms with Crippen molar-refractivity contribution >= 4 is 29.4 Å². The Morgan fingerprint density at radius 2 is 1.64 bits per heavy atom. The Bertz CT molecular complexity index is 538. The Morgan fingerprint density at radius 3 is 2.00 bits per heavy atom. The molecule has 1 saturated heterocycles. The smallest absolute Gasteiger partial charge is 0.243 e. The number of nitrogens with one attached hydrogen (secondary N) is 1. The summed E-state index contributed by atoms with van der Waals surface area (Å²) in [5.41, 5.74) is -1.18. The molecule has 144 valence electrons. The van der Waals surface area contributed by atoms with Gasteiger partial charge >= 0.3 is 0 Å². The molecule has 6 heteroatoms. The van der Waals surface area contributed by atoms with E-state index in [-0.39, 0.29) is 35.6 Å². The molecule has 1 fully saturated rings. The van der Waals surface area contributed by atoms with Crippen molar-refractivity contribution in [2.75, 3.05) is 5.75 Å². The highest BCUT2D eigenvalue weighted by molar-refractivity contribution is 8.00. The molecule has 5 nitrogen and oxygen atoms in total. The molecule has 1 N–H and O–H groups in total. The quantitative estimate of drug-likeness (QED) is 0.754. The second-order valence-corrected chi connectivity index (χ2v) is 11.1. The number of hydrogen-bond acceptors (Lipinski definition) is 5. The third-order valence-corrected chi connectivity index (χ3v) is 5.20. The van der Waals surface area contributed by atoms with Crippen LogP contribution in [0.3, 0.4) is 0 Å².